The molecule has 0 radical (unpaired) electrons. The molecular weight excluding hydrogens is 370 g/mol. The molecule has 152 valence electrons. The molecule has 6 N–H and O–H groups in total. The van der Waals surface area contributed by atoms with Crippen molar-refractivity contribution in [1.82, 2.24) is 15.3 Å². The predicted octanol–water partition coefficient (Wildman–Crippen LogP) is 0.468. The van der Waals surface area contributed by atoms with Gasteiger partial charge in [-0.25, -0.2) is 9.97 Å². The summed E-state index contributed by atoms with van der Waals surface area (Å²) in [5, 5.41) is 21.7. The molecule has 29 heavy (non-hydrogen) atoms. The fraction of sp³-hybridized carbons (Fsp3) is 0.400. The van der Waals surface area contributed by atoms with E-state index in [1.54, 1.807) is 0 Å². The first-order valence-corrected chi connectivity index (χ1v) is 9.49. The Kier molecular flexibility index (Phi) is 6.26. The fourth-order valence-electron chi connectivity index (χ4n) is 3.52. The van der Waals surface area contributed by atoms with Crippen LogP contribution in [0.5, 0.6) is 0 Å². The van der Waals surface area contributed by atoms with E-state index in [9.17, 15) is 15.2 Å². The molecule has 1 aromatic carbocycles. The van der Waals surface area contributed by atoms with Crippen molar-refractivity contribution in [2.24, 2.45) is 5.73 Å². The lowest BCUT2D eigenvalue weighted by Crippen LogP contribution is -2.60. The molecular formula is C20H25N7O2. The molecule has 2 aromatic rings. The number of nitriles is 1. The second-order valence-electron chi connectivity index (χ2n) is 7.16. The predicted molar refractivity (Wildman–Crippen MR) is 109 cm³/mol. The normalized spacial score (nSPS) is 16.7. The van der Waals surface area contributed by atoms with Crippen molar-refractivity contribution in [3.05, 3.63) is 47.8 Å². The molecule has 3 rings (SSSR count). The molecule has 2 heterocycles. The number of piperidine rings is 1. The highest BCUT2D eigenvalue weighted by Gasteiger charge is 2.39. The lowest BCUT2D eigenvalue weighted by atomic mass is 9.87. The van der Waals surface area contributed by atoms with Crippen molar-refractivity contribution in [1.29, 1.82) is 5.26 Å². The number of nitrogens with zero attached hydrogens (tertiary/aromatic N) is 4. The van der Waals surface area contributed by atoms with Gasteiger partial charge in [0.25, 0.3) is 0 Å². The summed E-state index contributed by atoms with van der Waals surface area (Å²) >= 11 is 0. The smallest absolute Gasteiger partial charge is 0.240 e. The second kappa shape index (κ2) is 8.86. The molecule has 9 heteroatoms. The van der Waals surface area contributed by atoms with Gasteiger partial charge in [0.15, 0.2) is 5.82 Å². The molecule has 0 bridgehead atoms. The van der Waals surface area contributed by atoms with Crippen molar-refractivity contribution in [2.75, 3.05) is 30.3 Å². The van der Waals surface area contributed by atoms with Crippen LogP contribution in [-0.2, 0) is 4.79 Å². The monoisotopic (exact) mass is 395 g/mol. The molecule has 1 aliphatic heterocycles. The van der Waals surface area contributed by atoms with Crippen LogP contribution >= 0.6 is 0 Å². The zero-order valence-electron chi connectivity index (χ0n) is 16.1. The molecule has 0 aliphatic carbocycles. The summed E-state index contributed by atoms with van der Waals surface area (Å²) in [6, 6.07) is 11.2. The number of hydrogen-bond acceptors (Lipinski definition) is 8. The summed E-state index contributed by atoms with van der Waals surface area (Å²) < 4.78 is 0. The van der Waals surface area contributed by atoms with Gasteiger partial charge in [-0.3, -0.25) is 4.79 Å². The number of nitrogen functional groups attached to an aromatic ring is 1. The Labute approximate surface area is 169 Å². The summed E-state index contributed by atoms with van der Waals surface area (Å²) in [6.45, 7) is 0.882. The maximum Gasteiger partial charge on any atom is 0.240 e. The van der Waals surface area contributed by atoms with Gasteiger partial charge in [0, 0.05) is 19.7 Å². The van der Waals surface area contributed by atoms with E-state index < -0.39 is 5.54 Å². The van der Waals surface area contributed by atoms with Crippen LogP contribution in [0.25, 0.3) is 0 Å². The van der Waals surface area contributed by atoms with Crippen LogP contribution in [0.3, 0.4) is 0 Å². The SMILES string of the molecule is N#Cc1c(N)ncnc1N1CCC(N)(C(=O)NC(CCO)c2ccccc2)CC1. The Balaban J connectivity index is 1.69. The van der Waals surface area contributed by atoms with Gasteiger partial charge in [-0.2, -0.15) is 5.26 Å². The van der Waals surface area contributed by atoms with E-state index >= 15 is 0 Å². The minimum atomic E-state index is -1.04. The van der Waals surface area contributed by atoms with Gasteiger partial charge < -0.3 is 26.8 Å². The Bertz CT molecular complexity index is 889. The topological polar surface area (TPSA) is 154 Å². The summed E-state index contributed by atoms with van der Waals surface area (Å²) in [4.78, 5) is 22.9. The average molecular weight is 395 g/mol. The van der Waals surface area contributed by atoms with Gasteiger partial charge in [0.1, 0.15) is 23.8 Å². The minimum Gasteiger partial charge on any atom is -0.396 e. The Morgan fingerprint density at radius 2 is 2.00 bits per heavy atom. The number of aliphatic hydroxyl groups excluding tert-OH is 1. The van der Waals surface area contributed by atoms with Gasteiger partial charge in [-0.05, 0) is 24.8 Å². The van der Waals surface area contributed by atoms with Crippen LogP contribution in [-0.4, -0.2) is 46.2 Å². The van der Waals surface area contributed by atoms with E-state index in [4.69, 9.17) is 11.5 Å². The third-order valence-corrected chi connectivity index (χ3v) is 5.30. The maximum absolute atomic E-state index is 13.0. The first kappa shape index (κ1) is 20.5. The molecule has 1 aliphatic rings. The highest BCUT2D eigenvalue weighted by atomic mass is 16.3. The molecule has 0 spiro atoms. The number of amides is 1. The molecule has 1 amide bonds. The number of hydrogen-bond donors (Lipinski definition) is 4. The molecule has 9 nitrogen and oxygen atoms in total. The molecule has 1 unspecified atom stereocenters. The van der Waals surface area contributed by atoms with E-state index in [1.165, 1.54) is 6.33 Å². The Morgan fingerprint density at radius 3 is 2.62 bits per heavy atom. The lowest BCUT2D eigenvalue weighted by Gasteiger charge is -2.39. The molecule has 1 fully saturated rings. The van der Waals surface area contributed by atoms with Gasteiger partial charge in [0.05, 0.1) is 11.6 Å². The number of carbonyl (C=O) groups is 1. The van der Waals surface area contributed by atoms with Gasteiger partial charge >= 0.3 is 0 Å². The maximum atomic E-state index is 13.0. The van der Waals surface area contributed by atoms with E-state index in [-0.39, 0.29) is 29.9 Å². The van der Waals surface area contributed by atoms with Gasteiger partial charge in [0.2, 0.25) is 5.91 Å². The molecule has 1 atom stereocenters. The quantitative estimate of drug-likeness (QED) is 0.550. The zero-order chi connectivity index (χ0) is 20.9. The van der Waals surface area contributed by atoms with Crippen molar-refractivity contribution >= 4 is 17.5 Å². The van der Waals surface area contributed by atoms with E-state index in [0.29, 0.717) is 38.2 Å². The lowest BCUT2D eigenvalue weighted by molar-refractivity contribution is -0.128. The van der Waals surface area contributed by atoms with Gasteiger partial charge in [-0.1, -0.05) is 30.3 Å². The second-order valence-corrected chi connectivity index (χ2v) is 7.16. The Morgan fingerprint density at radius 1 is 1.31 bits per heavy atom. The van der Waals surface area contributed by atoms with Crippen LogP contribution in [0.1, 0.15) is 36.4 Å². The van der Waals surface area contributed by atoms with Crippen LogP contribution in [0.4, 0.5) is 11.6 Å². The molecule has 0 saturated carbocycles. The van der Waals surface area contributed by atoms with Crippen LogP contribution in [0.2, 0.25) is 0 Å². The summed E-state index contributed by atoms with van der Waals surface area (Å²) in [5.74, 6) is 0.349. The van der Waals surface area contributed by atoms with Crippen molar-refractivity contribution in [3.63, 3.8) is 0 Å². The number of aliphatic hydroxyl groups is 1. The van der Waals surface area contributed by atoms with E-state index in [2.05, 4.69) is 15.3 Å². The highest BCUT2D eigenvalue weighted by Crippen LogP contribution is 2.28. The van der Waals surface area contributed by atoms with Crippen molar-refractivity contribution in [3.8, 4) is 6.07 Å². The summed E-state index contributed by atoms with van der Waals surface area (Å²) in [6.07, 6.45) is 2.52. The van der Waals surface area contributed by atoms with Gasteiger partial charge in [-0.15, -0.1) is 0 Å². The largest absolute Gasteiger partial charge is 0.396 e. The number of rotatable bonds is 6. The first-order valence-electron chi connectivity index (χ1n) is 9.49. The van der Waals surface area contributed by atoms with Crippen LogP contribution in [0.15, 0.2) is 36.7 Å². The first-order chi connectivity index (χ1) is 14.0. The Hall–Kier alpha value is -3.22. The third-order valence-electron chi connectivity index (χ3n) is 5.30. The number of benzene rings is 1. The van der Waals surface area contributed by atoms with Crippen molar-refractivity contribution in [2.45, 2.75) is 30.8 Å². The average Bonchev–Trinajstić information content (AvgIpc) is 2.74. The summed E-state index contributed by atoms with van der Waals surface area (Å²) in [7, 11) is 0. The van der Waals surface area contributed by atoms with E-state index in [1.807, 2.05) is 41.3 Å². The number of carbonyl (C=O) groups excluding carboxylic acids is 1. The number of nitrogens with one attached hydrogen (secondary N) is 1. The van der Waals surface area contributed by atoms with E-state index in [0.717, 1.165) is 5.56 Å². The third kappa shape index (κ3) is 4.45. The number of anilines is 2. The zero-order valence-corrected chi connectivity index (χ0v) is 16.1. The standard InChI is InChI=1S/C20H25N7O2/c21-12-15-17(22)24-13-25-18(15)27-9-7-20(23,8-10-27)19(29)26-16(6-11-28)14-4-2-1-3-5-14/h1-5,13,16,28H,6-11,23H2,(H,26,29)(H2,22,24,25). The van der Waals surface area contributed by atoms with Crippen LogP contribution in [0, 0.1) is 11.3 Å². The fourth-order valence-corrected chi connectivity index (χ4v) is 3.52. The molecule has 1 saturated heterocycles. The summed E-state index contributed by atoms with van der Waals surface area (Å²) in [5.41, 5.74) is 12.3. The minimum absolute atomic E-state index is 0.0444. The number of aromatic nitrogens is 2. The van der Waals surface area contributed by atoms with Crippen molar-refractivity contribution < 1.29 is 9.90 Å². The highest BCUT2D eigenvalue weighted by molar-refractivity contribution is 5.87. The van der Waals surface area contributed by atoms with Crippen LogP contribution < -0.4 is 21.7 Å². The number of nitrogens with two attached hydrogens (primary N) is 2. The molecule has 1 aromatic heterocycles.